The second-order valence-electron chi connectivity index (χ2n) is 7.43. The molecule has 0 bridgehead atoms. The molecule has 0 atom stereocenters. The van der Waals surface area contributed by atoms with Gasteiger partial charge in [0.25, 0.3) is 0 Å². The predicted octanol–water partition coefficient (Wildman–Crippen LogP) is 4.24. The van der Waals surface area contributed by atoms with E-state index in [1.807, 2.05) is 0 Å². The highest BCUT2D eigenvalue weighted by Crippen LogP contribution is 2.42. The molecule has 0 unspecified atom stereocenters. The number of benzene rings is 1. The number of ether oxygens (including phenoxy) is 1. The van der Waals surface area contributed by atoms with Crippen molar-refractivity contribution >= 4 is 5.91 Å². The lowest BCUT2D eigenvalue weighted by Crippen LogP contribution is -2.42. The summed E-state index contributed by atoms with van der Waals surface area (Å²) in [6, 6.07) is 3.98. The van der Waals surface area contributed by atoms with Crippen LogP contribution in [-0.2, 0) is 14.9 Å². The van der Waals surface area contributed by atoms with Crippen LogP contribution in [0.5, 0.6) is 0 Å². The van der Waals surface area contributed by atoms with Gasteiger partial charge in [0.1, 0.15) is 18.2 Å². The standard InChI is InChI=1S/C20H27F2NO2/c21-16-9-6-10-17(22)19(16)20(11-4-5-12-20)14-23-18(24)13-25-15-7-2-1-3-8-15/h6,9-10,15H,1-5,7-8,11-14H2,(H,23,24). The van der Waals surface area contributed by atoms with Gasteiger partial charge in [-0.05, 0) is 37.8 Å². The molecule has 0 heterocycles. The van der Waals surface area contributed by atoms with Crippen LogP contribution in [0, 0.1) is 11.6 Å². The van der Waals surface area contributed by atoms with Crippen LogP contribution in [0.4, 0.5) is 8.78 Å². The Labute approximate surface area is 148 Å². The normalized spacial score (nSPS) is 20.6. The van der Waals surface area contributed by atoms with Gasteiger partial charge in [0.15, 0.2) is 0 Å². The zero-order valence-electron chi connectivity index (χ0n) is 14.7. The first-order valence-electron chi connectivity index (χ1n) is 9.43. The molecule has 0 spiro atoms. The van der Waals surface area contributed by atoms with Crippen LogP contribution in [0.25, 0.3) is 0 Å². The smallest absolute Gasteiger partial charge is 0.246 e. The number of amides is 1. The van der Waals surface area contributed by atoms with E-state index >= 15 is 0 Å². The van der Waals surface area contributed by atoms with Gasteiger partial charge in [0.2, 0.25) is 5.91 Å². The lowest BCUT2D eigenvalue weighted by Gasteiger charge is -2.31. The van der Waals surface area contributed by atoms with Gasteiger partial charge in [-0.25, -0.2) is 8.78 Å². The van der Waals surface area contributed by atoms with Crippen molar-refractivity contribution in [3.05, 3.63) is 35.4 Å². The summed E-state index contributed by atoms with van der Waals surface area (Å²) >= 11 is 0. The third-order valence-electron chi connectivity index (χ3n) is 5.68. The van der Waals surface area contributed by atoms with Crippen molar-refractivity contribution in [1.29, 1.82) is 0 Å². The summed E-state index contributed by atoms with van der Waals surface area (Å²) in [4.78, 5) is 12.2. The second-order valence-corrected chi connectivity index (χ2v) is 7.43. The molecule has 2 aliphatic rings. The molecule has 2 fully saturated rings. The summed E-state index contributed by atoms with van der Waals surface area (Å²) in [7, 11) is 0. The summed E-state index contributed by atoms with van der Waals surface area (Å²) in [5, 5.41) is 2.86. The fraction of sp³-hybridized carbons (Fsp3) is 0.650. The minimum Gasteiger partial charge on any atom is -0.368 e. The fourth-order valence-corrected chi connectivity index (χ4v) is 4.32. The molecule has 2 aliphatic carbocycles. The van der Waals surface area contributed by atoms with Crippen LogP contribution < -0.4 is 5.32 Å². The molecule has 1 aromatic rings. The van der Waals surface area contributed by atoms with Gasteiger partial charge in [0.05, 0.1) is 6.10 Å². The molecule has 2 saturated carbocycles. The maximum absolute atomic E-state index is 14.3. The molecule has 1 amide bonds. The zero-order chi connectivity index (χ0) is 17.7. The monoisotopic (exact) mass is 351 g/mol. The van der Waals surface area contributed by atoms with Crippen molar-refractivity contribution in [3.8, 4) is 0 Å². The maximum atomic E-state index is 14.3. The third-order valence-corrected chi connectivity index (χ3v) is 5.68. The molecule has 0 saturated heterocycles. The van der Waals surface area contributed by atoms with Gasteiger partial charge in [-0.3, -0.25) is 4.79 Å². The molecule has 25 heavy (non-hydrogen) atoms. The summed E-state index contributed by atoms with van der Waals surface area (Å²) < 4.78 is 34.3. The van der Waals surface area contributed by atoms with E-state index in [-0.39, 0.29) is 30.7 Å². The molecule has 1 N–H and O–H groups in total. The first kappa shape index (κ1) is 18.3. The number of hydrogen-bond donors (Lipinski definition) is 1. The Bertz CT molecular complexity index is 573. The van der Waals surface area contributed by atoms with Crippen molar-refractivity contribution in [2.75, 3.05) is 13.2 Å². The average molecular weight is 351 g/mol. The van der Waals surface area contributed by atoms with E-state index in [2.05, 4.69) is 5.32 Å². The van der Waals surface area contributed by atoms with Crippen LogP contribution in [0.2, 0.25) is 0 Å². The topological polar surface area (TPSA) is 38.3 Å². The van der Waals surface area contributed by atoms with Crippen molar-refractivity contribution in [2.24, 2.45) is 0 Å². The number of carbonyl (C=O) groups excluding carboxylic acids is 1. The summed E-state index contributed by atoms with van der Waals surface area (Å²) in [6.07, 6.45) is 8.96. The lowest BCUT2D eigenvalue weighted by molar-refractivity contribution is -0.128. The van der Waals surface area contributed by atoms with Crippen molar-refractivity contribution < 1.29 is 18.3 Å². The zero-order valence-corrected chi connectivity index (χ0v) is 14.7. The van der Waals surface area contributed by atoms with Crippen LogP contribution in [0.3, 0.4) is 0 Å². The van der Waals surface area contributed by atoms with E-state index in [0.29, 0.717) is 12.8 Å². The summed E-state index contributed by atoms with van der Waals surface area (Å²) in [5.74, 6) is -1.24. The third kappa shape index (κ3) is 4.38. The van der Waals surface area contributed by atoms with Gasteiger partial charge >= 0.3 is 0 Å². The first-order chi connectivity index (χ1) is 12.1. The van der Waals surface area contributed by atoms with E-state index in [4.69, 9.17) is 4.74 Å². The highest BCUT2D eigenvalue weighted by atomic mass is 19.1. The molecule has 3 nitrogen and oxygen atoms in total. The van der Waals surface area contributed by atoms with E-state index in [1.165, 1.54) is 24.6 Å². The highest BCUT2D eigenvalue weighted by Gasteiger charge is 2.40. The first-order valence-corrected chi connectivity index (χ1v) is 9.43. The molecule has 3 rings (SSSR count). The van der Waals surface area contributed by atoms with Gasteiger partial charge in [-0.2, -0.15) is 0 Å². The lowest BCUT2D eigenvalue weighted by atomic mass is 9.78. The molecular weight excluding hydrogens is 324 g/mol. The number of rotatable bonds is 6. The Balaban J connectivity index is 1.59. The molecule has 0 aromatic heterocycles. The Morgan fingerprint density at radius 3 is 2.36 bits per heavy atom. The molecule has 0 radical (unpaired) electrons. The van der Waals surface area contributed by atoms with Crippen LogP contribution >= 0.6 is 0 Å². The molecule has 138 valence electrons. The highest BCUT2D eigenvalue weighted by molar-refractivity contribution is 5.77. The van der Waals surface area contributed by atoms with Crippen LogP contribution in [0.1, 0.15) is 63.4 Å². The SMILES string of the molecule is O=C(COC1CCCCC1)NCC1(c2c(F)cccc2F)CCCC1. The van der Waals surface area contributed by atoms with Gasteiger partial charge in [0, 0.05) is 17.5 Å². The Kier molecular flexibility index (Phi) is 6.05. The van der Waals surface area contributed by atoms with Crippen molar-refractivity contribution in [1.82, 2.24) is 5.32 Å². The largest absolute Gasteiger partial charge is 0.368 e. The van der Waals surface area contributed by atoms with Gasteiger partial charge in [-0.15, -0.1) is 0 Å². The van der Waals surface area contributed by atoms with Crippen molar-refractivity contribution in [3.63, 3.8) is 0 Å². The molecular formula is C20H27F2NO2. The summed E-state index contributed by atoms with van der Waals surface area (Å²) in [6.45, 7) is 0.290. The summed E-state index contributed by atoms with van der Waals surface area (Å²) in [5.41, 5.74) is -0.517. The van der Waals surface area contributed by atoms with E-state index in [1.54, 1.807) is 0 Å². The van der Waals surface area contributed by atoms with E-state index < -0.39 is 17.0 Å². The number of halogens is 2. The van der Waals surface area contributed by atoms with E-state index in [0.717, 1.165) is 38.5 Å². The Morgan fingerprint density at radius 1 is 1.08 bits per heavy atom. The Hall–Kier alpha value is -1.49. The molecule has 5 heteroatoms. The minimum absolute atomic E-state index is 0.0283. The second kappa shape index (κ2) is 8.26. The average Bonchev–Trinajstić information content (AvgIpc) is 3.09. The fourth-order valence-electron chi connectivity index (χ4n) is 4.32. The van der Waals surface area contributed by atoms with Crippen LogP contribution in [-0.4, -0.2) is 25.2 Å². The number of carbonyl (C=O) groups is 1. The minimum atomic E-state index is -0.643. The van der Waals surface area contributed by atoms with Crippen molar-refractivity contribution in [2.45, 2.75) is 69.3 Å². The predicted molar refractivity (Wildman–Crippen MR) is 92.3 cm³/mol. The number of nitrogens with one attached hydrogen (secondary N) is 1. The van der Waals surface area contributed by atoms with E-state index in [9.17, 15) is 13.6 Å². The van der Waals surface area contributed by atoms with Gasteiger partial charge in [-0.1, -0.05) is 38.2 Å². The van der Waals surface area contributed by atoms with Crippen LogP contribution in [0.15, 0.2) is 18.2 Å². The number of hydrogen-bond acceptors (Lipinski definition) is 2. The molecule has 1 aromatic carbocycles. The Morgan fingerprint density at radius 2 is 1.72 bits per heavy atom. The maximum Gasteiger partial charge on any atom is 0.246 e. The quantitative estimate of drug-likeness (QED) is 0.832. The van der Waals surface area contributed by atoms with Gasteiger partial charge < -0.3 is 10.1 Å². The molecule has 0 aliphatic heterocycles.